The van der Waals surface area contributed by atoms with Crippen molar-refractivity contribution in [2.75, 3.05) is 11.9 Å². The molecule has 1 atom stereocenters. The van der Waals surface area contributed by atoms with Crippen LogP contribution < -0.4 is 10.1 Å². The van der Waals surface area contributed by atoms with Crippen LogP contribution in [0.25, 0.3) is 0 Å². The molecule has 2 aromatic carbocycles. The number of anilines is 1. The van der Waals surface area contributed by atoms with Crippen LogP contribution in [0.1, 0.15) is 56.5 Å². The topological polar surface area (TPSA) is 41.6 Å². The molecule has 0 saturated carbocycles. The number of fused-ring (bicyclic) bond motifs is 1. The second-order valence-corrected chi connectivity index (χ2v) is 7.03. The van der Waals surface area contributed by atoms with E-state index in [0.29, 0.717) is 6.61 Å². The number of carbonyl (C=O) groups is 1. The summed E-state index contributed by atoms with van der Waals surface area (Å²) in [7, 11) is 0. The third-order valence-electron chi connectivity index (χ3n) is 4.96. The number of rotatable bonds is 6. The number of ether oxygens (including phenoxy) is 1. The Hall–Kier alpha value is -2.49. The van der Waals surface area contributed by atoms with Crippen molar-refractivity contribution in [3.8, 4) is 5.75 Å². The minimum atomic E-state index is -0.567. The maximum Gasteiger partial charge on any atom is 0.258 e. The molecule has 0 spiro atoms. The monoisotopic (exact) mass is 352 g/mol. The molecule has 1 unspecified atom stereocenters. The Labute approximate surface area is 156 Å². The Bertz CT molecular complexity index is 770. The zero-order chi connectivity index (χ0) is 18.7. The van der Waals surface area contributed by atoms with Crippen LogP contribution in [0.5, 0.6) is 5.75 Å². The van der Waals surface area contributed by atoms with Crippen LogP contribution in [0.3, 0.4) is 0 Å². The standard InChI is InChI=1S/C22H28N2O2/c1-5-15-26-18-13-11-17(12-14-18)22(6-2)23-20-10-8-7-9-19(20)21(25)24(22)16(3)4/h7-14,16,23H,5-6,15H2,1-4H3. The Morgan fingerprint density at radius 2 is 1.77 bits per heavy atom. The smallest absolute Gasteiger partial charge is 0.258 e. The van der Waals surface area contributed by atoms with E-state index in [1.807, 2.05) is 41.3 Å². The number of carbonyl (C=O) groups excluding carboxylic acids is 1. The molecule has 2 aromatic rings. The van der Waals surface area contributed by atoms with Gasteiger partial charge in [-0.25, -0.2) is 0 Å². The van der Waals surface area contributed by atoms with E-state index in [0.717, 1.165) is 35.4 Å². The molecule has 0 aliphatic carbocycles. The van der Waals surface area contributed by atoms with Gasteiger partial charge in [-0.1, -0.05) is 38.1 Å². The summed E-state index contributed by atoms with van der Waals surface area (Å²) in [5.74, 6) is 0.933. The Morgan fingerprint density at radius 1 is 1.08 bits per heavy atom. The van der Waals surface area contributed by atoms with Crippen LogP contribution in [0, 0.1) is 0 Å². The Morgan fingerprint density at radius 3 is 2.38 bits per heavy atom. The maximum atomic E-state index is 13.3. The molecule has 1 amide bonds. The number of nitrogens with zero attached hydrogens (tertiary/aromatic N) is 1. The van der Waals surface area contributed by atoms with Crippen LogP contribution in [-0.2, 0) is 5.66 Å². The van der Waals surface area contributed by atoms with E-state index in [1.54, 1.807) is 0 Å². The summed E-state index contributed by atoms with van der Waals surface area (Å²) in [5.41, 5.74) is 2.12. The first kappa shape index (κ1) is 18.3. The van der Waals surface area contributed by atoms with Gasteiger partial charge in [0.1, 0.15) is 11.4 Å². The fourth-order valence-electron chi connectivity index (χ4n) is 3.76. The van der Waals surface area contributed by atoms with Gasteiger partial charge in [-0.3, -0.25) is 4.79 Å². The van der Waals surface area contributed by atoms with E-state index >= 15 is 0 Å². The molecule has 1 aliphatic rings. The molecule has 1 aliphatic heterocycles. The second-order valence-electron chi connectivity index (χ2n) is 7.03. The number of hydrogen-bond donors (Lipinski definition) is 1. The lowest BCUT2D eigenvalue weighted by Crippen LogP contribution is -2.59. The lowest BCUT2D eigenvalue weighted by molar-refractivity contribution is 0.0371. The van der Waals surface area contributed by atoms with E-state index in [9.17, 15) is 4.79 Å². The molecule has 1 N–H and O–H groups in total. The van der Waals surface area contributed by atoms with Gasteiger partial charge in [0, 0.05) is 11.7 Å². The molecule has 138 valence electrons. The molecule has 0 radical (unpaired) electrons. The lowest BCUT2D eigenvalue weighted by Gasteiger charge is -2.50. The molecule has 0 aromatic heterocycles. The van der Waals surface area contributed by atoms with Crippen molar-refractivity contribution < 1.29 is 9.53 Å². The van der Waals surface area contributed by atoms with Crippen molar-refractivity contribution in [3.63, 3.8) is 0 Å². The zero-order valence-electron chi connectivity index (χ0n) is 16.1. The van der Waals surface area contributed by atoms with E-state index in [-0.39, 0.29) is 11.9 Å². The summed E-state index contributed by atoms with van der Waals surface area (Å²) in [6.07, 6.45) is 1.75. The van der Waals surface area contributed by atoms with E-state index in [4.69, 9.17) is 4.74 Å². The summed E-state index contributed by atoms with van der Waals surface area (Å²) in [6, 6.07) is 15.9. The fraction of sp³-hybridized carbons (Fsp3) is 0.409. The fourth-order valence-corrected chi connectivity index (χ4v) is 3.76. The highest BCUT2D eigenvalue weighted by molar-refractivity contribution is 6.02. The van der Waals surface area contributed by atoms with Gasteiger partial charge in [-0.05, 0) is 56.5 Å². The molecule has 3 rings (SSSR count). The van der Waals surface area contributed by atoms with Crippen LogP contribution in [0.2, 0.25) is 0 Å². The Balaban J connectivity index is 2.06. The van der Waals surface area contributed by atoms with E-state index in [1.165, 1.54) is 0 Å². The van der Waals surface area contributed by atoms with Crippen LogP contribution in [-0.4, -0.2) is 23.5 Å². The first-order valence-corrected chi connectivity index (χ1v) is 9.47. The van der Waals surface area contributed by atoms with E-state index < -0.39 is 5.66 Å². The van der Waals surface area contributed by atoms with Crippen LogP contribution in [0.4, 0.5) is 5.69 Å². The van der Waals surface area contributed by atoms with Gasteiger partial charge >= 0.3 is 0 Å². The number of benzene rings is 2. The summed E-state index contributed by atoms with van der Waals surface area (Å²) in [4.78, 5) is 15.2. The van der Waals surface area contributed by atoms with Crippen LogP contribution >= 0.6 is 0 Å². The minimum Gasteiger partial charge on any atom is -0.494 e. The van der Waals surface area contributed by atoms with E-state index in [2.05, 4.69) is 45.1 Å². The molecule has 0 saturated heterocycles. The van der Waals surface area contributed by atoms with Gasteiger partial charge in [-0.2, -0.15) is 0 Å². The van der Waals surface area contributed by atoms with Crippen molar-refractivity contribution in [2.24, 2.45) is 0 Å². The minimum absolute atomic E-state index is 0.0688. The summed E-state index contributed by atoms with van der Waals surface area (Å²) in [6.45, 7) is 9.05. The first-order chi connectivity index (χ1) is 12.5. The highest BCUT2D eigenvalue weighted by Crippen LogP contribution is 2.41. The highest BCUT2D eigenvalue weighted by atomic mass is 16.5. The van der Waals surface area contributed by atoms with Gasteiger partial charge in [0.2, 0.25) is 0 Å². The third-order valence-corrected chi connectivity index (χ3v) is 4.96. The van der Waals surface area contributed by atoms with Crippen LogP contribution in [0.15, 0.2) is 48.5 Å². The zero-order valence-corrected chi connectivity index (χ0v) is 16.1. The van der Waals surface area contributed by atoms with Gasteiger partial charge < -0.3 is 15.0 Å². The average molecular weight is 352 g/mol. The molecular formula is C22H28N2O2. The summed E-state index contributed by atoms with van der Waals surface area (Å²) < 4.78 is 5.71. The van der Waals surface area contributed by atoms with Gasteiger partial charge in [0.15, 0.2) is 0 Å². The van der Waals surface area contributed by atoms with Crippen molar-refractivity contribution in [2.45, 2.75) is 52.2 Å². The number of hydrogen-bond acceptors (Lipinski definition) is 3. The molecule has 26 heavy (non-hydrogen) atoms. The first-order valence-electron chi connectivity index (χ1n) is 9.47. The van der Waals surface area contributed by atoms with Crippen molar-refractivity contribution >= 4 is 11.6 Å². The number of para-hydroxylation sites is 1. The van der Waals surface area contributed by atoms with Gasteiger partial charge in [0.25, 0.3) is 5.91 Å². The van der Waals surface area contributed by atoms with Gasteiger partial charge in [-0.15, -0.1) is 0 Å². The largest absolute Gasteiger partial charge is 0.494 e. The van der Waals surface area contributed by atoms with Crippen molar-refractivity contribution in [3.05, 3.63) is 59.7 Å². The molecule has 4 heteroatoms. The molecule has 1 heterocycles. The average Bonchev–Trinajstić information content (AvgIpc) is 2.66. The second kappa shape index (κ2) is 7.40. The molecular weight excluding hydrogens is 324 g/mol. The molecule has 0 fully saturated rings. The molecule has 0 bridgehead atoms. The number of nitrogens with one attached hydrogen (secondary N) is 1. The predicted octanol–water partition coefficient (Wildman–Crippen LogP) is 5.01. The molecule has 4 nitrogen and oxygen atoms in total. The highest BCUT2D eigenvalue weighted by Gasteiger charge is 2.45. The lowest BCUT2D eigenvalue weighted by atomic mass is 9.88. The van der Waals surface area contributed by atoms with Crippen molar-refractivity contribution in [1.29, 1.82) is 0 Å². The maximum absolute atomic E-state index is 13.3. The normalized spacial score (nSPS) is 19.3. The third kappa shape index (κ3) is 3.05. The Kier molecular flexibility index (Phi) is 5.21. The SMILES string of the molecule is CCCOc1ccc(C2(CC)Nc3ccccc3C(=O)N2C(C)C)cc1. The van der Waals surface area contributed by atoms with Gasteiger partial charge in [0.05, 0.1) is 12.2 Å². The summed E-state index contributed by atoms with van der Waals surface area (Å²) >= 11 is 0. The quantitative estimate of drug-likeness (QED) is 0.794. The summed E-state index contributed by atoms with van der Waals surface area (Å²) in [5, 5.41) is 3.67. The van der Waals surface area contributed by atoms with Crippen molar-refractivity contribution in [1.82, 2.24) is 4.90 Å². The number of amides is 1. The predicted molar refractivity (Wildman–Crippen MR) is 106 cm³/mol.